The maximum atomic E-state index is 14.9. The van der Waals surface area contributed by atoms with Gasteiger partial charge in [-0.05, 0) is 142 Å². The summed E-state index contributed by atoms with van der Waals surface area (Å²) in [5, 5.41) is 25.4. The highest BCUT2D eigenvalue weighted by atomic mass is 16.5. The van der Waals surface area contributed by atoms with Gasteiger partial charge in [0.1, 0.15) is 17.0 Å². The van der Waals surface area contributed by atoms with Crippen LogP contribution in [0.15, 0.2) is 109 Å². The number of hydrogen-bond donors (Lipinski definition) is 7. The quantitative estimate of drug-likeness (QED) is 0.0130. The molecule has 0 aliphatic carbocycles. The first-order chi connectivity index (χ1) is 31.8. The molecule has 1 aromatic heterocycles. The summed E-state index contributed by atoms with van der Waals surface area (Å²) in [6.45, 7) is 3.06. The normalized spacial score (nSPS) is 11.5. The molecule has 0 bridgehead atoms. The Kier molecular flexibility index (Phi) is 21.8. The predicted octanol–water partition coefficient (Wildman–Crippen LogP) is 9.12. The minimum atomic E-state index is -1.34. The molecule has 11 heteroatoms. The number of amides is 2. The Morgan fingerprint density at radius 3 is 1.63 bits per heavy atom. The molecule has 0 radical (unpaired) electrons. The number of rotatable bonds is 31. The second kappa shape index (κ2) is 27.9. The molecule has 0 atom stereocenters. The molecule has 5 aromatic rings. The van der Waals surface area contributed by atoms with Crippen LogP contribution in [-0.4, -0.2) is 52.9 Å². The third-order valence-electron chi connectivity index (χ3n) is 12.3. The number of aromatic nitrogens is 1. The molecule has 1 heterocycles. The molecule has 0 spiro atoms. The largest absolute Gasteiger partial charge is 0.493 e. The summed E-state index contributed by atoms with van der Waals surface area (Å²) in [4.78, 5) is 27.4. The average Bonchev–Trinajstić information content (AvgIpc) is 3.68. The van der Waals surface area contributed by atoms with Crippen LogP contribution in [0.3, 0.4) is 0 Å². The molecule has 10 N–H and O–H groups in total. The Bertz CT molecular complexity index is 2070. The standard InChI is InChI=1S/C54H74N6O5/c55-34-18-3-1-12-24-44-38-48(39-45(25-13-2-4-19-35-56)52(44)65-37-21-6-5-20-36-57)58-53(62)50-40-43(30-31-51(61)59-64)49(60(50)41-42-22-10-7-11-23-42)32-33-54(63,46-26-14-8-15-27-46)47-28-16-9-17-29-47/h7-11,14-17,22-23,26-29,38-40,63-64H,1-6,12-13,18-21,24-25,30-37,41,55-57H2,(H,58,62)(H,59,61). The van der Waals surface area contributed by atoms with Crippen molar-refractivity contribution in [3.8, 4) is 5.75 Å². The number of anilines is 1. The number of nitrogens with one attached hydrogen (secondary N) is 2. The van der Waals surface area contributed by atoms with Gasteiger partial charge in [0.25, 0.3) is 5.91 Å². The highest BCUT2D eigenvalue weighted by molar-refractivity contribution is 6.03. The SMILES string of the molecule is NCCCCCCOc1c(CCCCCCN)cc(NC(=O)c2cc(CCC(=O)NO)c(CCC(O)(c3ccccc3)c3ccccc3)n2Cc2ccccc2)cc1CCCCCCN. The number of unbranched alkanes of at least 4 members (excludes halogenated alkanes) is 9. The zero-order valence-electron chi connectivity index (χ0n) is 38.5. The number of nitrogens with two attached hydrogens (primary N) is 3. The second-order valence-electron chi connectivity index (χ2n) is 17.2. The summed E-state index contributed by atoms with van der Waals surface area (Å²) in [6, 6.07) is 35.3. The predicted molar refractivity (Wildman–Crippen MR) is 262 cm³/mol. The number of carbonyl (C=O) groups is 2. The van der Waals surface area contributed by atoms with E-state index in [1.54, 1.807) is 5.48 Å². The van der Waals surface area contributed by atoms with Crippen LogP contribution in [0.4, 0.5) is 5.69 Å². The lowest BCUT2D eigenvalue weighted by Crippen LogP contribution is -2.29. The Hall–Kier alpha value is -5.30. The van der Waals surface area contributed by atoms with Crippen LogP contribution in [0, 0.1) is 0 Å². The number of aryl methyl sites for hydroxylation is 3. The molecule has 0 aliphatic rings. The van der Waals surface area contributed by atoms with E-state index in [0.717, 1.165) is 135 Å². The van der Waals surface area contributed by atoms with Crippen molar-refractivity contribution in [1.82, 2.24) is 10.0 Å². The Balaban J connectivity index is 1.56. The van der Waals surface area contributed by atoms with Gasteiger partial charge < -0.3 is 36.9 Å². The molecule has 0 fully saturated rings. The van der Waals surface area contributed by atoms with E-state index in [0.29, 0.717) is 57.0 Å². The summed E-state index contributed by atoms with van der Waals surface area (Å²) < 4.78 is 8.70. The van der Waals surface area contributed by atoms with Crippen molar-refractivity contribution in [2.75, 3.05) is 31.6 Å². The van der Waals surface area contributed by atoms with E-state index in [1.807, 2.05) is 102 Å². The summed E-state index contributed by atoms with van der Waals surface area (Å²) in [5.74, 6) is 0.132. The van der Waals surface area contributed by atoms with Crippen molar-refractivity contribution >= 4 is 17.5 Å². The molecule has 5 rings (SSSR count). The number of aliphatic hydroxyl groups is 1. The molecule has 11 nitrogen and oxygen atoms in total. The summed E-state index contributed by atoms with van der Waals surface area (Å²) in [5.41, 5.74) is 25.3. The molecular weight excluding hydrogens is 813 g/mol. The maximum Gasteiger partial charge on any atom is 0.272 e. The van der Waals surface area contributed by atoms with Crippen LogP contribution in [0.2, 0.25) is 0 Å². The number of benzene rings is 4. The molecule has 0 saturated carbocycles. The number of nitrogens with zero attached hydrogens (tertiary/aromatic N) is 1. The zero-order valence-corrected chi connectivity index (χ0v) is 38.5. The van der Waals surface area contributed by atoms with Crippen molar-refractivity contribution in [3.63, 3.8) is 0 Å². The molecule has 0 aliphatic heterocycles. The van der Waals surface area contributed by atoms with Crippen molar-refractivity contribution in [1.29, 1.82) is 0 Å². The Morgan fingerprint density at radius 1 is 0.600 bits per heavy atom. The first-order valence-electron chi connectivity index (χ1n) is 24.0. The van der Waals surface area contributed by atoms with Crippen molar-refractivity contribution in [2.45, 2.75) is 128 Å². The minimum Gasteiger partial charge on any atom is -0.493 e. The third kappa shape index (κ3) is 15.7. The number of carbonyl (C=O) groups excluding carboxylic acids is 2. The number of ether oxygens (including phenoxy) is 1. The van der Waals surface area contributed by atoms with E-state index in [4.69, 9.17) is 21.9 Å². The summed E-state index contributed by atoms with van der Waals surface area (Å²) in [6.07, 6.45) is 14.9. The van der Waals surface area contributed by atoms with Gasteiger partial charge in [-0.25, -0.2) is 5.48 Å². The first-order valence-corrected chi connectivity index (χ1v) is 24.0. The van der Waals surface area contributed by atoms with Gasteiger partial charge in [-0.2, -0.15) is 0 Å². The number of hydrogen-bond acceptors (Lipinski definition) is 8. The van der Waals surface area contributed by atoms with Gasteiger partial charge in [-0.15, -0.1) is 0 Å². The van der Waals surface area contributed by atoms with Gasteiger partial charge in [0, 0.05) is 24.3 Å². The van der Waals surface area contributed by atoms with Crippen LogP contribution in [-0.2, 0) is 42.6 Å². The van der Waals surface area contributed by atoms with Gasteiger partial charge in [0.15, 0.2) is 0 Å². The van der Waals surface area contributed by atoms with Crippen LogP contribution >= 0.6 is 0 Å². The Morgan fingerprint density at radius 2 is 1.11 bits per heavy atom. The second-order valence-corrected chi connectivity index (χ2v) is 17.2. The molecular formula is C54H74N6O5. The van der Waals surface area contributed by atoms with E-state index >= 15 is 0 Å². The fourth-order valence-electron chi connectivity index (χ4n) is 8.76. The van der Waals surface area contributed by atoms with E-state index in [1.165, 1.54) is 0 Å². The van der Waals surface area contributed by atoms with Crippen molar-refractivity contribution in [2.24, 2.45) is 17.2 Å². The van der Waals surface area contributed by atoms with Crippen molar-refractivity contribution in [3.05, 3.63) is 154 Å². The van der Waals surface area contributed by atoms with Crippen LogP contribution in [0.5, 0.6) is 5.75 Å². The number of hydroxylamine groups is 1. The topological polar surface area (TPSA) is 191 Å². The van der Waals surface area contributed by atoms with Gasteiger partial charge in [0.2, 0.25) is 5.91 Å². The maximum absolute atomic E-state index is 14.9. The Labute approximate surface area is 387 Å². The van der Waals surface area contributed by atoms with Gasteiger partial charge in [0.05, 0.1) is 6.61 Å². The minimum absolute atomic E-state index is 0.0132. The van der Waals surface area contributed by atoms with Crippen LogP contribution in [0.25, 0.3) is 0 Å². The summed E-state index contributed by atoms with van der Waals surface area (Å²) >= 11 is 0. The fraction of sp³-hybridized carbons (Fsp3) is 0.444. The fourth-order valence-corrected chi connectivity index (χ4v) is 8.76. The average molecular weight is 887 g/mol. The highest BCUT2D eigenvalue weighted by Crippen LogP contribution is 2.36. The molecule has 4 aromatic carbocycles. The van der Waals surface area contributed by atoms with Gasteiger partial charge in [-0.1, -0.05) is 130 Å². The van der Waals surface area contributed by atoms with E-state index in [-0.39, 0.29) is 18.7 Å². The molecule has 65 heavy (non-hydrogen) atoms. The highest BCUT2D eigenvalue weighted by Gasteiger charge is 2.33. The smallest absolute Gasteiger partial charge is 0.272 e. The lowest BCUT2D eigenvalue weighted by atomic mass is 9.82. The lowest BCUT2D eigenvalue weighted by molar-refractivity contribution is -0.129. The van der Waals surface area contributed by atoms with Crippen LogP contribution < -0.4 is 32.7 Å². The molecule has 0 saturated heterocycles. The third-order valence-corrected chi connectivity index (χ3v) is 12.3. The monoisotopic (exact) mass is 887 g/mol. The lowest BCUT2D eigenvalue weighted by Gasteiger charge is -2.30. The van der Waals surface area contributed by atoms with Gasteiger partial charge in [-0.3, -0.25) is 14.8 Å². The molecule has 350 valence electrons. The van der Waals surface area contributed by atoms with Gasteiger partial charge >= 0.3 is 0 Å². The summed E-state index contributed by atoms with van der Waals surface area (Å²) in [7, 11) is 0. The van der Waals surface area contributed by atoms with Crippen LogP contribution in [0.1, 0.15) is 139 Å². The van der Waals surface area contributed by atoms with E-state index in [2.05, 4.69) is 17.4 Å². The van der Waals surface area contributed by atoms with Crippen molar-refractivity contribution < 1.29 is 24.6 Å². The molecule has 2 amide bonds. The first kappa shape index (κ1) is 50.7. The van der Waals surface area contributed by atoms with E-state index in [9.17, 15) is 19.9 Å². The van der Waals surface area contributed by atoms with E-state index < -0.39 is 11.5 Å². The zero-order chi connectivity index (χ0) is 46.1. The molecule has 0 unspecified atom stereocenters.